The van der Waals surface area contributed by atoms with Gasteiger partial charge in [-0.25, -0.2) is 0 Å². The number of rotatable bonds is 6. The van der Waals surface area contributed by atoms with E-state index in [1.165, 1.54) is 0 Å². The quantitative estimate of drug-likeness (QED) is 0.737. The van der Waals surface area contributed by atoms with E-state index in [-0.39, 0.29) is 18.6 Å². The molecule has 3 aromatic carbocycles. The summed E-state index contributed by atoms with van der Waals surface area (Å²) in [6.45, 7) is 1.95. The maximum Gasteiger partial charge on any atom is 0.258 e. The van der Waals surface area contributed by atoms with Crippen LogP contribution in [0.25, 0.3) is 10.8 Å². The molecule has 0 aliphatic carbocycles. The van der Waals surface area contributed by atoms with Crippen molar-refractivity contribution in [2.24, 2.45) is 0 Å². The van der Waals surface area contributed by atoms with Gasteiger partial charge < -0.3 is 14.8 Å². The molecule has 1 atom stereocenters. The first kappa shape index (κ1) is 16.8. The molecule has 128 valence electrons. The lowest BCUT2D eigenvalue weighted by Crippen LogP contribution is -2.31. The summed E-state index contributed by atoms with van der Waals surface area (Å²) in [5.41, 5.74) is 1.09. The van der Waals surface area contributed by atoms with Gasteiger partial charge in [-0.05, 0) is 47.5 Å². The lowest BCUT2D eigenvalue weighted by Gasteiger charge is -2.17. The number of carbonyl (C=O) groups excluding carboxylic acids is 1. The molecule has 3 rings (SSSR count). The van der Waals surface area contributed by atoms with Crippen molar-refractivity contribution in [2.45, 2.75) is 13.0 Å². The van der Waals surface area contributed by atoms with Crippen LogP contribution in [0.1, 0.15) is 18.5 Å². The monoisotopic (exact) mass is 335 g/mol. The van der Waals surface area contributed by atoms with Gasteiger partial charge in [0.15, 0.2) is 6.61 Å². The Kier molecular flexibility index (Phi) is 5.19. The minimum Gasteiger partial charge on any atom is -0.497 e. The molecule has 0 bridgehead atoms. The van der Waals surface area contributed by atoms with E-state index in [2.05, 4.69) is 23.5 Å². The predicted molar refractivity (Wildman–Crippen MR) is 99.0 cm³/mol. The van der Waals surface area contributed by atoms with E-state index in [1.807, 2.05) is 31.2 Å². The van der Waals surface area contributed by atoms with Gasteiger partial charge in [-0.15, -0.1) is 0 Å². The van der Waals surface area contributed by atoms with Crippen LogP contribution in [0, 0.1) is 0 Å². The number of methoxy groups -OCH3 is 1. The Morgan fingerprint density at radius 2 is 1.64 bits per heavy atom. The molecule has 1 N–H and O–H groups in total. The van der Waals surface area contributed by atoms with Crippen LogP contribution in [0.15, 0.2) is 66.7 Å². The molecule has 4 nitrogen and oxygen atoms in total. The molecule has 0 aliphatic rings. The summed E-state index contributed by atoms with van der Waals surface area (Å²) in [6.07, 6.45) is 0. The van der Waals surface area contributed by atoms with E-state index in [0.29, 0.717) is 5.75 Å². The van der Waals surface area contributed by atoms with Gasteiger partial charge in [-0.2, -0.15) is 0 Å². The first-order valence-electron chi connectivity index (χ1n) is 8.21. The maximum absolute atomic E-state index is 12.2. The molecule has 0 fully saturated rings. The summed E-state index contributed by atoms with van der Waals surface area (Å²) in [5.74, 6) is 1.23. The number of hydrogen-bond acceptors (Lipinski definition) is 3. The van der Waals surface area contributed by atoms with Crippen molar-refractivity contribution in [3.05, 3.63) is 72.3 Å². The summed E-state index contributed by atoms with van der Waals surface area (Å²) in [6, 6.07) is 21.3. The molecular weight excluding hydrogens is 314 g/mol. The highest BCUT2D eigenvalue weighted by Gasteiger charge is 2.12. The van der Waals surface area contributed by atoms with Gasteiger partial charge in [-0.3, -0.25) is 4.79 Å². The third kappa shape index (κ3) is 4.10. The zero-order valence-electron chi connectivity index (χ0n) is 14.4. The summed E-state index contributed by atoms with van der Waals surface area (Å²) in [4.78, 5) is 12.2. The van der Waals surface area contributed by atoms with Gasteiger partial charge >= 0.3 is 0 Å². The van der Waals surface area contributed by atoms with E-state index < -0.39 is 0 Å². The topological polar surface area (TPSA) is 47.6 Å². The summed E-state index contributed by atoms with van der Waals surface area (Å²) < 4.78 is 10.6. The Labute approximate surface area is 147 Å². The molecule has 0 radical (unpaired) electrons. The number of fused-ring (bicyclic) bond motifs is 1. The molecular formula is C21H21NO3. The van der Waals surface area contributed by atoms with Gasteiger partial charge in [0.2, 0.25) is 0 Å². The van der Waals surface area contributed by atoms with Gasteiger partial charge in [0.05, 0.1) is 13.2 Å². The average Bonchev–Trinajstić information content (AvgIpc) is 2.66. The number of hydrogen-bond donors (Lipinski definition) is 1. The molecule has 0 aliphatic heterocycles. The number of nitrogens with one attached hydrogen (secondary N) is 1. The molecule has 4 heteroatoms. The van der Waals surface area contributed by atoms with E-state index in [0.717, 1.165) is 22.1 Å². The number of amides is 1. The molecule has 0 spiro atoms. The van der Waals surface area contributed by atoms with E-state index in [4.69, 9.17) is 9.47 Å². The van der Waals surface area contributed by atoms with Gasteiger partial charge in [-0.1, -0.05) is 42.5 Å². The van der Waals surface area contributed by atoms with Crippen molar-refractivity contribution < 1.29 is 14.3 Å². The summed E-state index contributed by atoms with van der Waals surface area (Å²) in [7, 11) is 1.61. The number of ether oxygens (including phenoxy) is 2. The maximum atomic E-state index is 12.2. The molecule has 3 aromatic rings. The van der Waals surface area contributed by atoms with Crippen molar-refractivity contribution in [2.75, 3.05) is 13.7 Å². The second-order valence-corrected chi connectivity index (χ2v) is 5.82. The third-order valence-electron chi connectivity index (χ3n) is 4.10. The summed E-state index contributed by atoms with van der Waals surface area (Å²) in [5, 5.41) is 5.30. The van der Waals surface area contributed by atoms with E-state index in [9.17, 15) is 4.79 Å². The zero-order chi connectivity index (χ0) is 17.6. The fraction of sp³-hybridized carbons (Fsp3) is 0.190. The van der Waals surface area contributed by atoms with Crippen LogP contribution in [-0.2, 0) is 4.79 Å². The molecule has 25 heavy (non-hydrogen) atoms. The molecule has 1 unspecified atom stereocenters. The Morgan fingerprint density at radius 1 is 0.960 bits per heavy atom. The number of benzene rings is 3. The smallest absolute Gasteiger partial charge is 0.258 e. The van der Waals surface area contributed by atoms with Crippen LogP contribution in [-0.4, -0.2) is 19.6 Å². The van der Waals surface area contributed by atoms with Crippen molar-refractivity contribution in [1.29, 1.82) is 0 Å². The molecule has 0 heterocycles. The van der Waals surface area contributed by atoms with Gasteiger partial charge in [0.25, 0.3) is 5.91 Å². The van der Waals surface area contributed by atoms with Crippen LogP contribution in [0.5, 0.6) is 11.5 Å². The van der Waals surface area contributed by atoms with Crippen LogP contribution in [0.2, 0.25) is 0 Å². The largest absolute Gasteiger partial charge is 0.497 e. The second kappa shape index (κ2) is 7.71. The SMILES string of the molecule is COc1ccc(OCC(=O)NC(C)c2cccc3ccccc23)cc1. The molecule has 1 amide bonds. The highest BCUT2D eigenvalue weighted by Crippen LogP contribution is 2.24. The lowest BCUT2D eigenvalue weighted by molar-refractivity contribution is -0.123. The van der Waals surface area contributed by atoms with E-state index in [1.54, 1.807) is 31.4 Å². The van der Waals surface area contributed by atoms with Crippen molar-refractivity contribution in [3.63, 3.8) is 0 Å². The highest BCUT2D eigenvalue weighted by molar-refractivity contribution is 5.87. The van der Waals surface area contributed by atoms with Crippen molar-refractivity contribution in [3.8, 4) is 11.5 Å². The van der Waals surface area contributed by atoms with Gasteiger partial charge in [0, 0.05) is 0 Å². The highest BCUT2D eigenvalue weighted by atomic mass is 16.5. The standard InChI is InChI=1S/C21H21NO3/c1-15(19-9-5-7-16-6-3-4-8-20(16)19)22-21(23)14-25-18-12-10-17(24-2)11-13-18/h3-13,15H,14H2,1-2H3,(H,22,23). The van der Waals surface area contributed by atoms with Crippen LogP contribution < -0.4 is 14.8 Å². The van der Waals surface area contributed by atoms with Crippen LogP contribution in [0.4, 0.5) is 0 Å². The first-order valence-corrected chi connectivity index (χ1v) is 8.21. The summed E-state index contributed by atoms with van der Waals surface area (Å²) >= 11 is 0. The molecule has 0 saturated heterocycles. The fourth-order valence-corrected chi connectivity index (χ4v) is 2.81. The minimum absolute atomic E-state index is 0.0264. The fourth-order valence-electron chi connectivity index (χ4n) is 2.81. The van der Waals surface area contributed by atoms with Gasteiger partial charge in [0.1, 0.15) is 11.5 Å². The van der Waals surface area contributed by atoms with Crippen molar-refractivity contribution >= 4 is 16.7 Å². The first-order chi connectivity index (χ1) is 12.2. The zero-order valence-corrected chi connectivity index (χ0v) is 14.4. The second-order valence-electron chi connectivity index (χ2n) is 5.82. The average molecular weight is 335 g/mol. The molecule has 0 aromatic heterocycles. The molecule has 0 saturated carbocycles. The van der Waals surface area contributed by atoms with Crippen LogP contribution in [0.3, 0.4) is 0 Å². The normalized spacial score (nSPS) is 11.8. The Hall–Kier alpha value is -3.01. The third-order valence-corrected chi connectivity index (χ3v) is 4.10. The predicted octanol–water partition coefficient (Wildman–Crippen LogP) is 4.10. The Morgan fingerprint density at radius 3 is 2.40 bits per heavy atom. The Bertz CT molecular complexity index is 853. The minimum atomic E-state index is -0.156. The van der Waals surface area contributed by atoms with E-state index >= 15 is 0 Å². The van der Waals surface area contributed by atoms with Crippen LogP contribution >= 0.6 is 0 Å². The Balaban J connectivity index is 1.61. The van der Waals surface area contributed by atoms with Crippen molar-refractivity contribution in [1.82, 2.24) is 5.32 Å². The lowest BCUT2D eigenvalue weighted by atomic mass is 10.00. The number of carbonyl (C=O) groups is 1.